The topological polar surface area (TPSA) is 37.8 Å². The van der Waals surface area contributed by atoms with E-state index in [9.17, 15) is 0 Å². The lowest BCUT2D eigenvalue weighted by atomic mass is 9.96. The summed E-state index contributed by atoms with van der Waals surface area (Å²) in [5.41, 5.74) is 1.05. The molecular weight excluding hydrogens is 186 g/mol. The predicted octanol–water partition coefficient (Wildman–Crippen LogP) is 1.60. The Morgan fingerprint density at radius 3 is 2.92 bits per heavy atom. The van der Waals surface area contributed by atoms with Crippen LogP contribution in [-0.4, -0.2) is 23.3 Å². The maximum atomic E-state index is 5.66. The molecule has 4 heteroatoms. The number of aromatic nitrogens is 2. The molecule has 0 spiro atoms. The Balaban J connectivity index is 2.10. The van der Waals surface area contributed by atoms with Gasteiger partial charge in [-0.3, -0.25) is 0 Å². The van der Waals surface area contributed by atoms with Crippen LogP contribution in [0.4, 0.5) is 0 Å². The minimum Gasteiger partial charge on any atom is -0.316 e. The van der Waals surface area contributed by atoms with E-state index in [1.54, 1.807) is 6.07 Å². The van der Waals surface area contributed by atoms with Gasteiger partial charge in [-0.15, -0.1) is 5.10 Å². The number of hydrogen-bond acceptors (Lipinski definition) is 3. The summed E-state index contributed by atoms with van der Waals surface area (Å²) in [6.07, 6.45) is 2.41. The van der Waals surface area contributed by atoms with Gasteiger partial charge >= 0.3 is 0 Å². The monoisotopic (exact) mass is 197 g/mol. The minimum atomic E-state index is 0.465. The molecule has 1 aliphatic rings. The summed E-state index contributed by atoms with van der Waals surface area (Å²) in [5.74, 6) is 0.513. The van der Waals surface area contributed by atoms with Crippen LogP contribution in [0.5, 0.6) is 0 Å². The van der Waals surface area contributed by atoms with Crippen molar-refractivity contribution in [2.45, 2.75) is 18.8 Å². The maximum absolute atomic E-state index is 5.66. The van der Waals surface area contributed by atoms with Crippen molar-refractivity contribution in [1.82, 2.24) is 15.5 Å². The summed E-state index contributed by atoms with van der Waals surface area (Å²) in [6.45, 7) is 2.13. The van der Waals surface area contributed by atoms with Crippen molar-refractivity contribution in [3.8, 4) is 0 Å². The van der Waals surface area contributed by atoms with Gasteiger partial charge < -0.3 is 5.32 Å². The highest BCUT2D eigenvalue weighted by Crippen LogP contribution is 2.20. The van der Waals surface area contributed by atoms with Crippen LogP contribution < -0.4 is 5.32 Å². The fourth-order valence-electron chi connectivity index (χ4n) is 1.65. The summed E-state index contributed by atoms with van der Waals surface area (Å²) in [7, 11) is 0. The van der Waals surface area contributed by atoms with E-state index in [2.05, 4.69) is 15.5 Å². The average Bonchev–Trinajstić information content (AvgIpc) is 2.20. The van der Waals surface area contributed by atoms with E-state index in [-0.39, 0.29) is 0 Å². The Labute approximate surface area is 82.5 Å². The first-order chi connectivity index (χ1) is 6.36. The van der Waals surface area contributed by atoms with Crippen molar-refractivity contribution in [3.05, 3.63) is 23.0 Å². The van der Waals surface area contributed by atoms with E-state index in [4.69, 9.17) is 11.6 Å². The first kappa shape index (κ1) is 8.91. The predicted molar refractivity (Wildman–Crippen MR) is 51.9 cm³/mol. The molecule has 1 aromatic rings. The molecular formula is C9H12ClN3. The molecule has 1 aromatic heterocycles. The molecule has 0 amide bonds. The van der Waals surface area contributed by atoms with Gasteiger partial charge in [0.05, 0.1) is 5.69 Å². The number of nitrogens with zero attached hydrogens (tertiary/aromatic N) is 2. The van der Waals surface area contributed by atoms with Gasteiger partial charge in [0.1, 0.15) is 0 Å². The van der Waals surface area contributed by atoms with Crippen LogP contribution in [0.3, 0.4) is 0 Å². The molecule has 1 atom stereocenters. The summed E-state index contributed by atoms with van der Waals surface area (Å²) in [5, 5.41) is 11.7. The number of nitrogens with one attached hydrogen (secondary N) is 1. The number of rotatable bonds is 1. The summed E-state index contributed by atoms with van der Waals surface area (Å²) in [6, 6.07) is 3.77. The van der Waals surface area contributed by atoms with Crippen LogP contribution in [0.15, 0.2) is 12.1 Å². The highest BCUT2D eigenvalue weighted by molar-refractivity contribution is 6.29. The number of halogens is 1. The Morgan fingerprint density at radius 2 is 2.31 bits per heavy atom. The molecule has 70 valence electrons. The minimum absolute atomic E-state index is 0.465. The van der Waals surface area contributed by atoms with E-state index in [1.165, 1.54) is 12.8 Å². The molecule has 0 bridgehead atoms. The number of hydrogen-bond donors (Lipinski definition) is 1. The second-order valence-corrected chi connectivity index (χ2v) is 3.71. The van der Waals surface area contributed by atoms with Gasteiger partial charge in [-0.25, -0.2) is 0 Å². The van der Waals surface area contributed by atoms with Crippen molar-refractivity contribution in [2.24, 2.45) is 0 Å². The molecule has 2 rings (SSSR count). The molecule has 0 saturated carbocycles. The Morgan fingerprint density at radius 1 is 1.38 bits per heavy atom. The van der Waals surface area contributed by atoms with E-state index >= 15 is 0 Å². The zero-order chi connectivity index (χ0) is 9.10. The molecule has 1 saturated heterocycles. The first-order valence-corrected chi connectivity index (χ1v) is 4.94. The molecule has 1 fully saturated rings. The molecule has 1 N–H and O–H groups in total. The van der Waals surface area contributed by atoms with Crippen LogP contribution in [0.1, 0.15) is 24.5 Å². The zero-order valence-corrected chi connectivity index (χ0v) is 8.09. The van der Waals surface area contributed by atoms with Gasteiger partial charge in [0.25, 0.3) is 0 Å². The highest BCUT2D eigenvalue weighted by Gasteiger charge is 2.16. The van der Waals surface area contributed by atoms with Crippen LogP contribution in [0.25, 0.3) is 0 Å². The third-order valence-electron chi connectivity index (χ3n) is 2.37. The Kier molecular flexibility index (Phi) is 2.76. The van der Waals surface area contributed by atoms with E-state index in [0.29, 0.717) is 11.1 Å². The summed E-state index contributed by atoms with van der Waals surface area (Å²) >= 11 is 5.66. The Hall–Kier alpha value is -0.670. The normalized spacial score (nSPS) is 23.0. The van der Waals surface area contributed by atoms with Gasteiger partial charge in [0.15, 0.2) is 5.15 Å². The van der Waals surface area contributed by atoms with Crippen molar-refractivity contribution >= 4 is 11.6 Å². The fourth-order valence-corrected chi connectivity index (χ4v) is 1.75. The fraction of sp³-hybridized carbons (Fsp3) is 0.556. The van der Waals surface area contributed by atoms with Crippen LogP contribution in [-0.2, 0) is 0 Å². The molecule has 1 aliphatic heterocycles. The third kappa shape index (κ3) is 2.17. The van der Waals surface area contributed by atoms with Gasteiger partial charge in [0.2, 0.25) is 0 Å². The van der Waals surface area contributed by atoms with Crippen LogP contribution in [0, 0.1) is 0 Å². The van der Waals surface area contributed by atoms with Gasteiger partial charge in [0, 0.05) is 12.5 Å². The Bertz CT molecular complexity index is 267. The standard InChI is InChI=1S/C9H12ClN3/c10-9-4-3-8(12-13-9)7-2-1-5-11-6-7/h3-4,7,11H,1-2,5-6H2. The van der Waals surface area contributed by atoms with Gasteiger partial charge in [-0.2, -0.15) is 5.10 Å². The van der Waals surface area contributed by atoms with E-state index in [1.807, 2.05) is 6.07 Å². The molecule has 13 heavy (non-hydrogen) atoms. The molecule has 2 heterocycles. The van der Waals surface area contributed by atoms with Crippen molar-refractivity contribution in [2.75, 3.05) is 13.1 Å². The maximum Gasteiger partial charge on any atom is 0.151 e. The quantitative estimate of drug-likeness (QED) is 0.743. The van der Waals surface area contributed by atoms with E-state index in [0.717, 1.165) is 18.8 Å². The molecule has 0 radical (unpaired) electrons. The summed E-state index contributed by atoms with van der Waals surface area (Å²) in [4.78, 5) is 0. The smallest absolute Gasteiger partial charge is 0.151 e. The van der Waals surface area contributed by atoms with Crippen molar-refractivity contribution < 1.29 is 0 Å². The number of piperidine rings is 1. The molecule has 0 aromatic carbocycles. The van der Waals surface area contributed by atoms with Crippen molar-refractivity contribution in [1.29, 1.82) is 0 Å². The first-order valence-electron chi connectivity index (χ1n) is 4.56. The largest absolute Gasteiger partial charge is 0.316 e. The summed E-state index contributed by atoms with van der Waals surface area (Å²) < 4.78 is 0. The van der Waals surface area contributed by atoms with Crippen LogP contribution >= 0.6 is 11.6 Å². The van der Waals surface area contributed by atoms with Crippen molar-refractivity contribution in [3.63, 3.8) is 0 Å². The lowest BCUT2D eigenvalue weighted by molar-refractivity contribution is 0.452. The van der Waals surface area contributed by atoms with Gasteiger partial charge in [-0.1, -0.05) is 11.6 Å². The van der Waals surface area contributed by atoms with Crippen LogP contribution in [0.2, 0.25) is 5.15 Å². The highest BCUT2D eigenvalue weighted by atomic mass is 35.5. The zero-order valence-electron chi connectivity index (χ0n) is 7.33. The average molecular weight is 198 g/mol. The van der Waals surface area contributed by atoms with Gasteiger partial charge in [-0.05, 0) is 31.5 Å². The molecule has 1 unspecified atom stereocenters. The van der Waals surface area contributed by atoms with E-state index < -0.39 is 0 Å². The lowest BCUT2D eigenvalue weighted by Crippen LogP contribution is -2.28. The molecule has 3 nitrogen and oxygen atoms in total. The second kappa shape index (κ2) is 4.03. The SMILES string of the molecule is Clc1ccc(C2CCCNC2)nn1. The lowest BCUT2D eigenvalue weighted by Gasteiger charge is -2.21. The third-order valence-corrected chi connectivity index (χ3v) is 2.57. The second-order valence-electron chi connectivity index (χ2n) is 3.32. The molecule has 0 aliphatic carbocycles.